The number of hydrogen-bond acceptors (Lipinski definition) is 3. The number of aryl methyl sites for hydroxylation is 1. The van der Waals surface area contributed by atoms with Gasteiger partial charge in [-0.3, -0.25) is 4.98 Å². The minimum atomic E-state index is -0.900. The van der Waals surface area contributed by atoms with E-state index in [2.05, 4.69) is 34.8 Å². The van der Waals surface area contributed by atoms with Crippen LogP contribution in [0.1, 0.15) is 27.7 Å². The molecule has 0 unspecified atom stereocenters. The largest absolute Gasteiger partial charge is 0.427 e. The maximum absolute atomic E-state index is 10.2. The van der Waals surface area contributed by atoms with Crippen molar-refractivity contribution in [3.63, 3.8) is 0 Å². The van der Waals surface area contributed by atoms with Crippen molar-refractivity contribution in [3.8, 4) is 0 Å². The molecule has 0 atom stereocenters. The standard InChI is InChI=1S/C18H23BN2O2/c1-17(2,22)18(3,4)23-19-12-6-7-13-14-11-20-9-8-15(14)21(5)16(13)10-12/h6-11,19,22H,1-5H3. The third-order valence-corrected chi connectivity index (χ3v) is 4.95. The second kappa shape index (κ2) is 5.36. The van der Waals surface area contributed by atoms with Crippen LogP contribution in [-0.2, 0) is 11.7 Å². The molecule has 1 N–H and O–H groups in total. The van der Waals surface area contributed by atoms with Gasteiger partial charge in [0.1, 0.15) is 0 Å². The summed E-state index contributed by atoms with van der Waals surface area (Å²) >= 11 is 0. The van der Waals surface area contributed by atoms with E-state index in [1.807, 2.05) is 32.3 Å². The van der Waals surface area contributed by atoms with E-state index < -0.39 is 11.2 Å². The van der Waals surface area contributed by atoms with Gasteiger partial charge in [0.2, 0.25) is 0 Å². The molecule has 3 rings (SSSR count). The summed E-state index contributed by atoms with van der Waals surface area (Å²) in [4.78, 5) is 4.23. The molecule has 120 valence electrons. The molecule has 0 aliphatic rings. The van der Waals surface area contributed by atoms with Crippen molar-refractivity contribution in [2.24, 2.45) is 7.05 Å². The van der Waals surface area contributed by atoms with Crippen molar-refractivity contribution in [2.75, 3.05) is 0 Å². The summed E-state index contributed by atoms with van der Waals surface area (Å²) in [6.45, 7) is 7.36. The van der Waals surface area contributed by atoms with Crippen molar-refractivity contribution in [1.82, 2.24) is 9.55 Å². The number of pyridine rings is 1. The van der Waals surface area contributed by atoms with Crippen molar-refractivity contribution in [2.45, 2.75) is 38.9 Å². The highest BCUT2D eigenvalue weighted by atomic mass is 16.5. The molecule has 0 spiro atoms. The molecule has 1 aromatic carbocycles. The molecule has 0 saturated heterocycles. The lowest BCUT2D eigenvalue weighted by molar-refractivity contribution is -0.0893. The first-order valence-electron chi connectivity index (χ1n) is 7.88. The van der Waals surface area contributed by atoms with Crippen LogP contribution in [0.2, 0.25) is 0 Å². The van der Waals surface area contributed by atoms with Crippen LogP contribution >= 0.6 is 0 Å². The predicted molar refractivity (Wildman–Crippen MR) is 96.5 cm³/mol. The first-order chi connectivity index (χ1) is 10.7. The molecule has 2 aromatic heterocycles. The van der Waals surface area contributed by atoms with Gasteiger partial charge >= 0.3 is 7.48 Å². The second-order valence-corrected chi connectivity index (χ2v) is 7.16. The summed E-state index contributed by atoms with van der Waals surface area (Å²) in [5.74, 6) is 0. The lowest BCUT2D eigenvalue weighted by Gasteiger charge is -2.37. The SMILES string of the molecule is Cn1c2ccncc2c2ccc(BOC(C)(C)C(C)(C)O)cc21. The Hall–Kier alpha value is -1.85. The van der Waals surface area contributed by atoms with Gasteiger partial charge < -0.3 is 14.3 Å². The molecule has 0 saturated carbocycles. The Labute approximate surface area is 137 Å². The van der Waals surface area contributed by atoms with Crippen molar-refractivity contribution < 1.29 is 9.76 Å². The van der Waals surface area contributed by atoms with Gasteiger partial charge in [0, 0.05) is 35.7 Å². The van der Waals surface area contributed by atoms with Crippen LogP contribution in [0.15, 0.2) is 36.7 Å². The van der Waals surface area contributed by atoms with Crippen LogP contribution < -0.4 is 5.46 Å². The summed E-state index contributed by atoms with van der Waals surface area (Å²) in [7, 11) is 2.53. The van der Waals surface area contributed by atoms with E-state index >= 15 is 0 Å². The molecule has 0 aliphatic heterocycles. The van der Waals surface area contributed by atoms with Crippen LogP contribution in [-0.4, -0.2) is 33.3 Å². The zero-order valence-corrected chi connectivity index (χ0v) is 14.4. The summed E-state index contributed by atoms with van der Waals surface area (Å²) in [6.07, 6.45) is 3.72. The predicted octanol–water partition coefficient (Wildman–Crippen LogP) is 2.27. The normalized spacial score (nSPS) is 13.0. The van der Waals surface area contributed by atoms with Crippen molar-refractivity contribution in [3.05, 3.63) is 36.7 Å². The molecule has 5 heteroatoms. The molecule has 0 radical (unpaired) electrons. The lowest BCUT2D eigenvalue weighted by Crippen LogP contribution is -2.49. The Kier molecular flexibility index (Phi) is 3.73. The van der Waals surface area contributed by atoms with Gasteiger partial charge in [-0.05, 0) is 39.8 Å². The molecule has 3 aromatic rings. The van der Waals surface area contributed by atoms with Gasteiger partial charge in [-0.25, -0.2) is 0 Å². The average Bonchev–Trinajstić information content (AvgIpc) is 2.78. The monoisotopic (exact) mass is 310 g/mol. The Morgan fingerprint density at radius 2 is 1.83 bits per heavy atom. The van der Waals surface area contributed by atoms with Crippen LogP contribution in [0, 0.1) is 0 Å². The first kappa shape index (κ1) is 16.0. The molecule has 0 aliphatic carbocycles. The molecular formula is C18H23BN2O2. The minimum absolute atomic E-state index is 0.465. The minimum Gasteiger partial charge on any atom is -0.427 e. The molecule has 0 amide bonds. The Balaban J connectivity index is 1.95. The highest BCUT2D eigenvalue weighted by Crippen LogP contribution is 2.27. The van der Waals surface area contributed by atoms with Gasteiger partial charge in [0.25, 0.3) is 0 Å². The Morgan fingerprint density at radius 3 is 2.52 bits per heavy atom. The van der Waals surface area contributed by atoms with E-state index in [0.29, 0.717) is 7.48 Å². The van der Waals surface area contributed by atoms with Gasteiger partial charge in [-0.15, -0.1) is 0 Å². The fraction of sp³-hybridized carbons (Fsp3) is 0.389. The zero-order chi connectivity index (χ0) is 16.8. The van der Waals surface area contributed by atoms with Crippen LogP contribution in [0.4, 0.5) is 0 Å². The molecule has 2 heterocycles. The Morgan fingerprint density at radius 1 is 1.09 bits per heavy atom. The van der Waals surface area contributed by atoms with E-state index in [1.54, 1.807) is 13.8 Å². The highest BCUT2D eigenvalue weighted by molar-refractivity contribution is 6.47. The fourth-order valence-corrected chi connectivity index (χ4v) is 2.63. The summed E-state index contributed by atoms with van der Waals surface area (Å²) in [6, 6.07) is 8.38. The van der Waals surface area contributed by atoms with Crippen LogP contribution in [0.25, 0.3) is 21.8 Å². The van der Waals surface area contributed by atoms with Crippen molar-refractivity contribution >= 4 is 34.8 Å². The topological polar surface area (TPSA) is 47.3 Å². The summed E-state index contributed by atoms with van der Waals surface area (Å²) in [5.41, 5.74) is 1.90. The van der Waals surface area contributed by atoms with E-state index in [1.165, 1.54) is 10.9 Å². The number of hydrogen-bond donors (Lipinski definition) is 1. The molecular weight excluding hydrogens is 287 g/mol. The molecule has 0 bridgehead atoms. The van der Waals surface area contributed by atoms with Crippen molar-refractivity contribution in [1.29, 1.82) is 0 Å². The number of rotatable bonds is 4. The summed E-state index contributed by atoms with van der Waals surface area (Å²) in [5, 5.41) is 12.6. The fourth-order valence-electron chi connectivity index (χ4n) is 2.63. The molecule has 23 heavy (non-hydrogen) atoms. The number of aromatic nitrogens is 2. The lowest BCUT2D eigenvalue weighted by atomic mass is 9.82. The zero-order valence-electron chi connectivity index (χ0n) is 14.4. The first-order valence-corrected chi connectivity index (χ1v) is 7.88. The number of nitrogens with zero attached hydrogens (tertiary/aromatic N) is 2. The third-order valence-electron chi connectivity index (χ3n) is 4.95. The Bertz CT molecular complexity index is 862. The van der Waals surface area contributed by atoms with Gasteiger partial charge in [0.15, 0.2) is 0 Å². The quantitative estimate of drug-likeness (QED) is 0.752. The van der Waals surface area contributed by atoms with E-state index in [4.69, 9.17) is 4.65 Å². The van der Waals surface area contributed by atoms with Gasteiger partial charge in [0.05, 0.1) is 16.7 Å². The van der Waals surface area contributed by atoms with E-state index in [9.17, 15) is 5.11 Å². The van der Waals surface area contributed by atoms with E-state index in [0.717, 1.165) is 16.4 Å². The van der Waals surface area contributed by atoms with Gasteiger partial charge in [-0.1, -0.05) is 17.6 Å². The maximum Gasteiger partial charge on any atom is 0.309 e. The van der Waals surface area contributed by atoms with Crippen LogP contribution in [0.3, 0.4) is 0 Å². The maximum atomic E-state index is 10.2. The third kappa shape index (κ3) is 2.75. The average molecular weight is 310 g/mol. The second-order valence-electron chi connectivity index (χ2n) is 7.16. The molecule has 0 fully saturated rings. The van der Waals surface area contributed by atoms with Gasteiger partial charge in [-0.2, -0.15) is 0 Å². The smallest absolute Gasteiger partial charge is 0.309 e. The highest BCUT2D eigenvalue weighted by Gasteiger charge is 2.35. The van der Waals surface area contributed by atoms with E-state index in [-0.39, 0.29) is 0 Å². The number of fused-ring (bicyclic) bond motifs is 3. The molecule has 4 nitrogen and oxygen atoms in total. The van der Waals surface area contributed by atoms with Crippen LogP contribution in [0.5, 0.6) is 0 Å². The number of aliphatic hydroxyl groups is 1. The summed E-state index contributed by atoms with van der Waals surface area (Å²) < 4.78 is 8.15. The number of benzene rings is 1.